The molecular formula is C27H30F3N7O3. The fourth-order valence-electron chi connectivity index (χ4n) is 4.86. The molecule has 1 amide bonds. The molecule has 0 radical (unpaired) electrons. The smallest absolute Gasteiger partial charge is 0.264 e. The molecule has 2 aliphatic heterocycles. The Bertz CT molecular complexity index is 1450. The van der Waals surface area contributed by atoms with E-state index in [9.17, 15) is 18.4 Å². The molecule has 13 heteroatoms. The zero-order valence-corrected chi connectivity index (χ0v) is 22.2. The fraction of sp³-hybridized carbons (Fsp3) is 0.407. The molecule has 5 rings (SSSR count). The quantitative estimate of drug-likeness (QED) is 0.476. The van der Waals surface area contributed by atoms with Crippen molar-refractivity contribution >= 4 is 23.2 Å². The van der Waals surface area contributed by atoms with Crippen LogP contribution in [0.25, 0.3) is 11.3 Å². The minimum atomic E-state index is -3.04. The number of rotatable bonds is 6. The van der Waals surface area contributed by atoms with Gasteiger partial charge in [-0.2, -0.15) is 0 Å². The Balaban J connectivity index is 1.55. The highest BCUT2D eigenvalue weighted by Crippen LogP contribution is 2.36. The maximum Gasteiger partial charge on any atom is 0.264 e. The third-order valence-electron chi connectivity index (χ3n) is 7.28. The van der Waals surface area contributed by atoms with E-state index in [4.69, 9.17) is 4.74 Å². The maximum atomic E-state index is 15.7. The van der Waals surface area contributed by atoms with E-state index in [1.54, 1.807) is 6.07 Å². The first-order chi connectivity index (χ1) is 19.2. The van der Waals surface area contributed by atoms with E-state index >= 15 is 4.39 Å². The molecule has 0 saturated carbocycles. The fourth-order valence-corrected chi connectivity index (χ4v) is 4.86. The molecule has 1 atom stereocenters. The third kappa shape index (κ3) is 5.80. The largest absolute Gasteiger partial charge is 0.378 e. The molecule has 2 N–H and O–H groups in total. The molecule has 3 aromatic rings. The molecule has 0 spiro atoms. The van der Waals surface area contributed by atoms with E-state index in [-0.39, 0.29) is 22.9 Å². The number of hydrogen-bond acceptors (Lipinski definition) is 8. The second-order valence-corrected chi connectivity index (χ2v) is 9.89. The Morgan fingerprint density at radius 3 is 2.65 bits per heavy atom. The first kappa shape index (κ1) is 27.6. The van der Waals surface area contributed by atoms with Gasteiger partial charge in [0.25, 0.3) is 12.3 Å². The normalized spacial score (nSPS) is 18.3. The van der Waals surface area contributed by atoms with Crippen LogP contribution in [0.2, 0.25) is 0 Å². The van der Waals surface area contributed by atoms with E-state index in [1.807, 2.05) is 23.8 Å². The Kier molecular flexibility index (Phi) is 8.03. The molecule has 10 nitrogen and oxygen atoms in total. The molecule has 0 aliphatic carbocycles. The number of morpholine rings is 1. The zero-order valence-electron chi connectivity index (χ0n) is 22.2. The number of halogens is 3. The van der Waals surface area contributed by atoms with Crippen LogP contribution in [0.15, 0.2) is 41.5 Å². The summed E-state index contributed by atoms with van der Waals surface area (Å²) >= 11 is 0. The summed E-state index contributed by atoms with van der Waals surface area (Å²) < 4.78 is 48.4. The van der Waals surface area contributed by atoms with Gasteiger partial charge in [-0.3, -0.25) is 9.59 Å². The van der Waals surface area contributed by atoms with E-state index in [1.165, 1.54) is 18.3 Å². The standard InChI is InChI=1S/C27H30F3N7O3/c1-16-15-37(6-5-35(16)2)23-13-20(28)18(21-3-4-31-27(34-21)36-7-9-40-10-8-36)11-22(23)33-26(39)19-14-32-24(38)12-17(19)25(29)30/h3-4,11-14,16,25H,5-10,15H2,1-2H3,(H,32,38)(H,33,39)/t16-/m0/s1. The summed E-state index contributed by atoms with van der Waals surface area (Å²) in [7, 11) is 2.00. The Morgan fingerprint density at radius 2 is 1.93 bits per heavy atom. The number of piperazine rings is 1. The maximum absolute atomic E-state index is 15.7. The van der Waals surface area contributed by atoms with Gasteiger partial charge >= 0.3 is 0 Å². The second-order valence-electron chi connectivity index (χ2n) is 9.89. The van der Waals surface area contributed by atoms with Crippen LogP contribution in [0.3, 0.4) is 0 Å². The van der Waals surface area contributed by atoms with Crippen molar-refractivity contribution in [3.8, 4) is 11.3 Å². The van der Waals surface area contributed by atoms with Crippen molar-refractivity contribution in [2.24, 2.45) is 0 Å². The number of H-pyrrole nitrogens is 1. The van der Waals surface area contributed by atoms with Crippen molar-refractivity contribution in [1.29, 1.82) is 0 Å². The monoisotopic (exact) mass is 557 g/mol. The van der Waals surface area contributed by atoms with E-state index < -0.39 is 29.3 Å². The molecule has 2 aromatic heterocycles. The van der Waals surface area contributed by atoms with Gasteiger partial charge in [-0.05, 0) is 32.2 Å². The number of carbonyl (C=O) groups is 1. The summed E-state index contributed by atoms with van der Waals surface area (Å²) in [4.78, 5) is 42.1. The molecule has 0 bridgehead atoms. The van der Waals surface area contributed by atoms with Crippen LogP contribution in [0, 0.1) is 5.82 Å². The lowest BCUT2D eigenvalue weighted by atomic mass is 10.1. The second kappa shape index (κ2) is 11.6. The average Bonchev–Trinajstić information content (AvgIpc) is 2.95. The Morgan fingerprint density at radius 1 is 1.15 bits per heavy atom. The van der Waals surface area contributed by atoms with Crippen LogP contribution in [0.1, 0.15) is 29.3 Å². The number of benzene rings is 1. The number of alkyl halides is 2. The number of ether oxygens (including phenoxy) is 1. The molecule has 2 aliphatic rings. The van der Waals surface area contributed by atoms with Crippen LogP contribution >= 0.6 is 0 Å². The first-order valence-electron chi connectivity index (χ1n) is 13.0. The third-order valence-corrected chi connectivity index (χ3v) is 7.28. The van der Waals surface area contributed by atoms with Crippen LogP contribution in [0.5, 0.6) is 0 Å². The summed E-state index contributed by atoms with van der Waals surface area (Å²) in [5.41, 5.74) is -0.744. The summed E-state index contributed by atoms with van der Waals surface area (Å²) in [6.07, 6.45) is -0.541. The topological polar surface area (TPSA) is 107 Å². The predicted molar refractivity (Wildman–Crippen MR) is 145 cm³/mol. The van der Waals surface area contributed by atoms with Gasteiger partial charge in [0.15, 0.2) is 0 Å². The highest BCUT2D eigenvalue weighted by molar-refractivity contribution is 6.07. The lowest BCUT2D eigenvalue weighted by Crippen LogP contribution is -2.50. The van der Waals surface area contributed by atoms with Gasteiger partial charge in [-0.25, -0.2) is 23.1 Å². The Hall–Kier alpha value is -3.97. The van der Waals surface area contributed by atoms with Crippen molar-refractivity contribution in [2.75, 3.05) is 68.1 Å². The van der Waals surface area contributed by atoms with Crippen molar-refractivity contribution in [2.45, 2.75) is 19.4 Å². The molecule has 2 saturated heterocycles. The first-order valence-corrected chi connectivity index (χ1v) is 13.0. The van der Waals surface area contributed by atoms with Gasteiger partial charge in [0.05, 0.1) is 35.8 Å². The summed E-state index contributed by atoms with van der Waals surface area (Å²) in [6.45, 7) is 6.13. The van der Waals surface area contributed by atoms with Crippen LogP contribution < -0.4 is 20.7 Å². The van der Waals surface area contributed by atoms with Gasteiger partial charge in [0.2, 0.25) is 11.5 Å². The SMILES string of the molecule is C[C@H]1CN(c2cc(F)c(-c3ccnc(N4CCOCC4)n3)cc2NC(=O)c2c[nH]c(=O)cc2C(F)F)CCN1C. The lowest BCUT2D eigenvalue weighted by molar-refractivity contribution is 0.101. The van der Waals surface area contributed by atoms with Gasteiger partial charge in [-0.15, -0.1) is 0 Å². The molecule has 4 heterocycles. The van der Waals surface area contributed by atoms with Crippen LogP contribution in [0.4, 0.5) is 30.5 Å². The van der Waals surface area contributed by atoms with E-state index in [0.717, 1.165) is 6.20 Å². The van der Waals surface area contributed by atoms with Gasteiger partial charge in [0.1, 0.15) is 5.82 Å². The van der Waals surface area contributed by atoms with Crippen molar-refractivity contribution in [3.63, 3.8) is 0 Å². The van der Waals surface area contributed by atoms with Gasteiger partial charge < -0.3 is 29.7 Å². The number of hydrogen-bond donors (Lipinski definition) is 2. The molecule has 0 unspecified atom stereocenters. The van der Waals surface area contributed by atoms with Crippen molar-refractivity contribution < 1.29 is 22.7 Å². The number of anilines is 3. The number of likely N-dealkylation sites (N-methyl/N-ethyl adjacent to an activating group) is 1. The number of nitrogens with zero attached hydrogens (tertiary/aromatic N) is 5. The predicted octanol–water partition coefficient (Wildman–Crippen LogP) is 3.14. The van der Waals surface area contributed by atoms with Gasteiger partial charge in [0, 0.05) is 68.4 Å². The minimum absolute atomic E-state index is 0.119. The minimum Gasteiger partial charge on any atom is -0.378 e. The number of pyridine rings is 1. The summed E-state index contributed by atoms with van der Waals surface area (Å²) in [5.74, 6) is -0.981. The van der Waals surface area contributed by atoms with Gasteiger partial charge in [-0.1, -0.05) is 0 Å². The van der Waals surface area contributed by atoms with Crippen molar-refractivity contribution in [1.82, 2.24) is 19.9 Å². The van der Waals surface area contributed by atoms with Crippen LogP contribution in [-0.4, -0.2) is 84.8 Å². The number of nitrogens with one attached hydrogen (secondary N) is 2. The number of amides is 1. The molecule has 2 fully saturated rings. The average molecular weight is 558 g/mol. The molecule has 212 valence electrons. The van der Waals surface area contributed by atoms with E-state index in [2.05, 4.69) is 25.2 Å². The highest BCUT2D eigenvalue weighted by Gasteiger charge is 2.27. The summed E-state index contributed by atoms with van der Waals surface area (Å²) in [6, 6.07) is 5.22. The van der Waals surface area contributed by atoms with E-state index in [0.29, 0.717) is 69.3 Å². The number of aromatic amines is 1. The van der Waals surface area contributed by atoms with Crippen LogP contribution in [-0.2, 0) is 4.74 Å². The summed E-state index contributed by atoms with van der Waals surface area (Å²) in [5, 5.41) is 2.69. The van der Waals surface area contributed by atoms with Crippen molar-refractivity contribution in [3.05, 3.63) is 64.0 Å². The molecular weight excluding hydrogens is 527 g/mol. The Labute approximate surface area is 228 Å². The zero-order chi connectivity index (χ0) is 28.4. The number of aromatic nitrogens is 3. The number of carbonyl (C=O) groups excluding carboxylic acids is 1. The molecule has 1 aromatic carbocycles. The lowest BCUT2D eigenvalue weighted by Gasteiger charge is -2.39. The molecule has 40 heavy (non-hydrogen) atoms. The highest BCUT2D eigenvalue weighted by atomic mass is 19.3.